The Hall–Kier alpha value is -2.83. The fourth-order valence-electron chi connectivity index (χ4n) is 4.08. The van der Waals surface area contributed by atoms with Gasteiger partial charge in [-0.05, 0) is 35.7 Å². The first-order valence-electron chi connectivity index (χ1n) is 11.7. The van der Waals surface area contributed by atoms with Crippen molar-refractivity contribution in [2.75, 3.05) is 50.8 Å². The summed E-state index contributed by atoms with van der Waals surface area (Å²) in [7, 11) is 0. The molecule has 6 heteroatoms. The molecule has 0 aliphatic carbocycles. The summed E-state index contributed by atoms with van der Waals surface area (Å²) in [6.07, 6.45) is 4.43. The van der Waals surface area contributed by atoms with Crippen molar-refractivity contribution in [1.29, 1.82) is 0 Å². The molecule has 4 rings (SSSR count). The number of ether oxygens (including phenoxy) is 1. The van der Waals surface area contributed by atoms with Crippen LogP contribution in [0.5, 0.6) is 0 Å². The molecule has 170 valence electrons. The SMILES string of the molecule is CCNC(=NCc1ccc(N2CC=CC2)cc1)NCc1ccccc1CN1CCOCC1. The van der Waals surface area contributed by atoms with Gasteiger partial charge in [-0.3, -0.25) is 4.90 Å². The van der Waals surface area contributed by atoms with E-state index in [9.17, 15) is 0 Å². The van der Waals surface area contributed by atoms with Crippen LogP contribution in [0.3, 0.4) is 0 Å². The molecule has 0 saturated carbocycles. The van der Waals surface area contributed by atoms with Crippen LogP contribution in [0.25, 0.3) is 0 Å². The van der Waals surface area contributed by atoms with Crippen LogP contribution in [-0.4, -0.2) is 56.8 Å². The van der Waals surface area contributed by atoms with Gasteiger partial charge in [-0.1, -0.05) is 48.6 Å². The van der Waals surface area contributed by atoms with E-state index >= 15 is 0 Å². The first-order valence-corrected chi connectivity index (χ1v) is 11.7. The maximum atomic E-state index is 5.49. The van der Waals surface area contributed by atoms with Crippen molar-refractivity contribution in [3.05, 3.63) is 77.4 Å². The highest BCUT2D eigenvalue weighted by atomic mass is 16.5. The zero-order valence-corrected chi connectivity index (χ0v) is 19.1. The highest BCUT2D eigenvalue weighted by Gasteiger charge is 2.13. The molecular formula is C26H35N5O. The maximum Gasteiger partial charge on any atom is 0.191 e. The standard InChI is InChI=1S/C26H35N5O/c1-2-27-26(28-19-22-9-11-25(12-10-22)31-13-5-6-14-31)29-20-23-7-3-4-8-24(23)21-30-15-17-32-18-16-30/h3-12H,2,13-21H2,1H3,(H2,27,28,29). The molecule has 0 amide bonds. The second-order valence-corrected chi connectivity index (χ2v) is 8.25. The molecule has 0 unspecified atom stereocenters. The Morgan fingerprint density at radius 2 is 1.66 bits per heavy atom. The average molecular weight is 434 g/mol. The molecule has 0 spiro atoms. The van der Waals surface area contributed by atoms with Gasteiger partial charge in [0.2, 0.25) is 0 Å². The van der Waals surface area contributed by atoms with Gasteiger partial charge < -0.3 is 20.3 Å². The van der Waals surface area contributed by atoms with Crippen LogP contribution in [0.1, 0.15) is 23.6 Å². The number of nitrogens with zero attached hydrogens (tertiary/aromatic N) is 3. The second kappa shape index (κ2) is 11.7. The number of nitrogens with one attached hydrogen (secondary N) is 2. The molecule has 2 aromatic rings. The van der Waals surface area contributed by atoms with Gasteiger partial charge >= 0.3 is 0 Å². The highest BCUT2D eigenvalue weighted by Crippen LogP contribution is 2.18. The monoisotopic (exact) mass is 433 g/mol. The van der Waals surface area contributed by atoms with Gasteiger partial charge in [-0.15, -0.1) is 0 Å². The summed E-state index contributed by atoms with van der Waals surface area (Å²) < 4.78 is 5.49. The van der Waals surface area contributed by atoms with E-state index in [4.69, 9.17) is 9.73 Å². The highest BCUT2D eigenvalue weighted by molar-refractivity contribution is 5.79. The lowest BCUT2D eigenvalue weighted by Gasteiger charge is -2.27. The number of anilines is 1. The van der Waals surface area contributed by atoms with Crippen LogP contribution in [0.15, 0.2) is 65.7 Å². The molecule has 2 heterocycles. The smallest absolute Gasteiger partial charge is 0.191 e. The molecule has 2 aromatic carbocycles. The van der Waals surface area contributed by atoms with Gasteiger partial charge in [0.15, 0.2) is 5.96 Å². The molecule has 0 bridgehead atoms. The number of hydrogen-bond donors (Lipinski definition) is 2. The van der Waals surface area contributed by atoms with Crippen LogP contribution in [-0.2, 0) is 24.4 Å². The first-order chi connectivity index (χ1) is 15.8. The van der Waals surface area contributed by atoms with Crippen LogP contribution in [0.4, 0.5) is 5.69 Å². The molecule has 2 N–H and O–H groups in total. The fraction of sp³-hybridized carbons (Fsp3) is 0.423. The predicted molar refractivity (Wildman–Crippen MR) is 132 cm³/mol. The zero-order chi connectivity index (χ0) is 22.0. The number of benzene rings is 2. The number of morpholine rings is 1. The summed E-state index contributed by atoms with van der Waals surface area (Å²) in [6, 6.07) is 17.4. The van der Waals surface area contributed by atoms with Crippen molar-refractivity contribution in [1.82, 2.24) is 15.5 Å². The Morgan fingerprint density at radius 3 is 2.38 bits per heavy atom. The molecule has 1 saturated heterocycles. The summed E-state index contributed by atoms with van der Waals surface area (Å²) in [6.45, 7) is 11.0. The zero-order valence-electron chi connectivity index (χ0n) is 19.1. The van der Waals surface area contributed by atoms with Gasteiger partial charge in [-0.25, -0.2) is 4.99 Å². The summed E-state index contributed by atoms with van der Waals surface area (Å²) >= 11 is 0. The van der Waals surface area contributed by atoms with E-state index in [1.54, 1.807) is 0 Å². The summed E-state index contributed by atoms with van der Waals surface area (Å²) in [5.74, 6) is 0.849. The average Bonchev–Trinajstić information content (AvgIpc) is 3.38. The number of hydrogen-bond acceptors (Lipinski definition) is 4. The third kappa shape index (κ3) is 6.34. The van der Waals surface area contributed by atoms with E-state index in [0.29, 0.717) is 6.54 Å². The second-order valence-electron chi connectivity index (χ2n) is 8.25. The molecule has 1 fully saturated rings. The third-order valence-corrected chi connectivity index (χ3v) is 5.95. The van der Waals surface area contributed by atoms with Crippen molar-refractivity contribution in [2.24, 2.45) is 4.99 Å². The number of aliphatic imine (C=N–C) groups is 1. The Bertz CT molecular complexity index is 895. The van der Waals surface area contributed by atoms with E-state index in [1.165, 1.54) is 22.4 Å². The summed E-state index contributed by atoms with van der Waals surface area (Å²) in [5.41, 5.74) is 5.16. The lowest BCUT2D eigenvalue weighted by molar-refractivity contribution is 0.0341. The molecule has 6 nitrogen and oxygen atoms in total. The van der Waals surface area contributed by atoms with Crippen LogP contribution >= 0.6 is 0 Å². The van der Waals surface area contributed by atoms with E-state index in [1.807, 2.05) is 0 Å². The van der Waals surface area contributed by atoms with E-state index < -0.39 is 0 Å². The van der Waals surface area contributed by atoms with Gasteiger partial charge in [-0.2, -0.15) is 0 Å². The molecule has 0 atom stereocenters. The van der Waals surface area contributed by atoms with Gasteiger partial charge in [0.05, 0.1) is 19.8 Å². The van der Waals surface area contributed by atoms with Crippen molar-refractivity contribution in [2.45, 2.75) is 26.6 Å². The van der Waals surface area contributed by atoms with Gasteiger partial charge in [0.1, 0.15) is 0 Å². The van der Waals surface area contributed by atoms with Crippen molar-refractivity contribution >= 4 is 11.6 Å². The minimum atomic E-state index is 0.656. The topological polar surface area (TPSA) is 52.1 Å². The van der Waals surface area contributed by atoms with Crippen LogP contribution in [0.2, 0.25) is 0 Å². The van der Waals surface area contributed by atoms with Crippen LogP contribution < -0.4 is 15.5 Å². The Balaban J connectivity index is 1.34. The molecule has 2 aliphatic rings. The molecule has 2 aliphatic heterocycles. The molecule has 32 heavy (non-hydrogen) atoms. The largest absolute Gasteiger partial charge is 0.379 e. The van der Waals surface area contributed by atoms with Crippen molar-refractivity contribution < 1.29 is 4.74 Å². The third-order valence-electron chi connectivity index (χ3n) is 5.95. The van der Waals surface area contributed by atoms with E-state index in [0.717, 1.165) is 65.0 Å². The Labute approximate surface area is 192 Å². The number of rotatable bonds is 8. The Kier molecular flexibility index (Phi) is 8.17. The summed E-state index contributed by atoms with van der Waals surface area (Å²) in [5, 5.41) is 6.90. The van der Waals surface area contributed by atoms with Crippen LogP contribution in [0, 0.1) is 0 Å². The number of guanidine groups is 1. The normalized spacial score (nSPS) is 17.0. The molecule has 0 radical (unpaired) electrons. The van der Waals surface area contributed by atoms with Crippen molar-refractivity contribution in [3.63, 3.8) is 0 Å². The van der Waals surface area contributed by atoms with Gasteiger partial charge in [0, 0.05) is 51.5 Å². The first kappa shape index (κ1) is 22.4. The van der Waals surface area contributed by atoms with E-state index in [2.05, 4.69) is 88.0 Å². The minimum Gasteiger partial charge on any atom is -0.379 e. The van der Waals surface area contributed by atoms with E-state index in [-0.39, 0.29) is 0 Å². The lowest BCUT2D eigenvalue weighted by atomic mass is 10.1. The lowest BCUT2D eigenvalue weighted by Crippen LogP contribution is -2.38. The quantitative estimate of drug-likeness (QED) is 0.381. The maximum absolute atomic E-state index is 5.49. The minimum absolute atomic E-state index is 0.656. The predicted octanol–water partition coefficient (Wildman–Crippen LogP) is 3.15. The fourth-order valence-corrected chi connectivity index (χ4v) is 4.08. The Morgan fingerprint density at radius 1 is 0.938 bits per heavy atom. The van der Waals surface area contributed by atoms with Gasteiger partial charge in [0.25, 0.3) is 0 Å². The van der Waals surface area contributed by atoms with Crippen molar-refractivity contribution in [3.8, 4) is 0 Å². The molecular weight excluding hydrogens is 398 g/mol. The molecule has 0 aromatic heterocycles. The summed E-state index contributed by atoms with van der Waals surface area (Å²) in [4.78, 5) is 9.63.